The van der Waals surface area contributed by atoms with Crippen LogP contribution in [0.4, 0.5) is 0 Å². The number of amides is 2. The fourth-order valence-electron chi connectivity index (χ4n) is 1.60. The van der Waals surface area contributed by atoms with Crippen molar-refractivity contribution >= 4 is 23.4 Å². The van der Waals surface area contributed by atoms with Crippen LogP contribution in [-0.4, -0.2) is 31.0 Å². The van der Waals surface area contributed by atoms with E-state index in [-0.39, 0.29) is 24.8 Å². The molecule has 1 aromatic carbocycles. The Hall–Kier alpha value is -1.75. The molecule has 116 valence electrons. The van der Waals surface area contributed by atoms with Gasteiger partial charge in [-0.15, -0.1) is 0 Å². The lowest BCUT2D eigenvalue weighted by atomic mass is 10.3. The van der Waals surface area contributed by atoms with Gasteiger partial charge in [-0.2, -0.15) is 0 Å². The smallest absolute Gasteiger partial charge is 0.242 e. The van der Waals surface area contributed by atoms with E-state index in [0.29, 0.717) is 17.3 Å². The molecule has 0 aliphatic rings. The molecule has 0 aliphatic heterocycles. The largest absolute Gasteiger partial charge is 0.491 e. The molecule has 1 aromatic rings. The molecule has 2 amide bonds. The first-order valence-corrected chi connectivity index (χ1v) is 7.36. The molecule has 0 unspecified atom stereocenters. The first-order chi connectivity index (χ1) is 10.0. The second kappa shape index (κ2) is 9.23. The molecule has 0 fully saturated rings. The molecule has 21 heavy (non-hydrogen) atoms. The van der Waals surface area contributed by atoms with Gasteiger partial charge < -0.3 is 15.4 Å². The van der Waals surface area contributed by atoms with Gasteiger partial charge >= 0.3 is 0 Å². The Balaban J connectivity index is 2.28. The van der Waals surface area contributed by atoms with Crippen LogP contribution in [0.15, 0.2) is 24.3 Å². The lowest BCUT2D eigenvalue weighted by Crippen LogP contribution is -2.45. The van der Waals surface area contributed by atoms with Crippen molar-refractivity contribution in [3.05, 3.63) is 29.3 Å². The van der Waals surface area contributed by atoms with Crippen LogP contribution in [0.25, 0.3) is 0 Å². The third kappa shape index (κ3) is 6.49. The van der Waals surface area contributed by atoms with Gasteiger partial charge in [-0.05, 0) is 25.5 Å². The van der Waals surface area contributed by atoms with Crippen LogP contribution in [-0.2, 0) is 9.59 Å². The zero-order valence-electron chi connectivity index (χ0n) is 12.3. The molecule has 0 bridgehead atoms. The molecular formula is C15H21ClN2O3. The van der Waals surface area contributed by atoms with Crippen molar-refractivity contribution in [2.45, 2.75) is 32.7 Å². The van der Waals surface area contributed by atoms with Crippen LogP contribution in [0.1, 0.15) is 26.7 Å². The van der Waals surface area contributed by atoms with E-state index in [2.05, 4.69) is 10.6 Å². The quantitative estimate of drug-likeness (QED) is 0.773. The van der Waals surface area contributed by atoms with E-state index in [1.54, 1.807) is 31.2 Å². The average Bonchev–Trinajstić information content (AvgIpc) is 2.46. The Bertz CT molecular complexity index is 480. The summed E-state index contributed by atoms with van der Waals surface area (Å²) in [5.74, 6) is 0.124. The van der Waals surface area contributed by atoms with Crippen molar-refractivity contribution < 1.29 is 14.3 Å². The van der Waals surface area contributed by atoms with Crippen LogP contribution in [0, 0.1) is 0 Å². The van der Waals surface area contributed by atoms with Gasteiger partial charge in [0, 0.05) is 6.54 Å². The minimum absolute atomic E-state index is 0.163. The monoisotopic (exact) mass is 312 g/mol. The minimum atomic E-state index is -0.552. The molecule has 0 saturated heterocycles. The van der Waals surface area contributed by atoms with Crippen LogP contribution >= 0.6 is 11.6 Å². The molecule has 0 saturated carbocycles. The van der Waals surface area contributed by atoms with E-state index < -0.39 is 6.04 Å². The Morgan fingerprint density at radius 1 is 1.33 bits per heavy atom. The van der Waals surface area contributed by atoms with Crippen molar-refractivity contribution in [2.24, 2.45) is 0 Å². The van der Waals surface area contributed by atoms with Gasteiger partial charge in [0.05, 0.1) is 18.1 Å². The number of hydrogen-bond acceptors (Lipinski definition) is 3. The number of ether oxygens (including phenoxy) is 1. The summed E-state index contributed by atoms with van der Waals surface area (Å²) in [6.07, 6.45) is 1.02. The minimum Gasteiger partial charge on any atom is -0.491 e. The van der Waals surface area contributed by atoms with Crippen molar-refractivity contribution in [1.82, 2.24) is 10.6 Å². The summed E-state index contributed by atoms with van der Waals surface area (Å²) in [5, 5.41) is 5.85. The zero-order valence-corrected chi connectivity index (χ0v) is 13.1. The predicted octanol–water partition coefficient (Wildman–Crippen LogP) is 2.14. The van der Waals surface area contributed by atoms with Crippen LogP contribution in [0.2, 0.25) is 5.02 Å². The van der Waals surface area contributed by atoms with Crippen molar-refractivity contribution in [3.63, 3.8) is 0 Å². The maximum Gasteiger partial charge on any atom is 0.242 e. The van der Waals surface area contributed by atoms with Gasteiger partial charge in [-0.25, -0.2) is 0 Å². The molecule has 1 atom stereocenters. The molecule has 1 rings (SSSR count). The number of benzene rings is 1. The topological polar surface area (TPSA) is 67.4 Å². The number of nitrogens with one attached hydrogen (secondary N) is 2. The number of rotatable bonds is 8. The van der Waals surface area contributed by atoms with Crippen molar-refractivity contribution in [2.75, 3.05) is 13.2 Å². The predicted molar refractivity (Wildman–Crippen MR) is 82.5 cm³/mol. The zero-order chi connectivity index (χ0) is 15.7. The third-order valence-electron chi connectivity index (χ3n) is 2.74. The van der Waals surface area contributed by atoms with E-state index in [4.69, 9.17) is 16.3 Å². The van der Waals surface area contributed by atoms with Crippen LogP contribution in [0.5, 0.6) is 5.75 Å². The fraction of sp³-hybridized carbons (Fsp3) is 0.467. The van der Waals surface area contributed by atoms with Crippen LogP contribution in [0.3, 0.4) is 0 Å². The van der Waals surface area contributed by atoms with Crippen LogP contribution < -0.4 is 15.4 Å². The number of para-hydroxylation sites is 1. The second-order valence-electron chi connectivity index (χ2n) is 4.61. The SMILES string of the molecule is CCCNC(=O)[C@H](C)NC(=O)CCOc1ccccc1Cl. The number of carbonyl (C=O) groups excluding carboxylic acids is 2. The van der Waals surface area contributed by atoms with Gasteiger partial charge in [-0.3, -0.25) is 9.59 Å². The normalized spacial score (nSPS) is 11.6. The molecule has 0 heterocycles. The van der Waals surface area contributed by atoms with E-state index >= 15 is 0 Å². The molecule has 0 aromatic heterocycles. The molecule has 0 aliphatic carbocycles. The third-order valence-corrected chi connectivity index (χ3v) is 3.06. The number of hydrogen-bond donors (Lipinski definition) is 2. The molecule has 0 spiro atoms. The van der Waals surface area contributed by atoms with Gasteiger partial charge in [-0.1, -0.05) is 30.7 Å². The van der Waals surface area contributed by atoms with E-state index in [0.717, 1.165) is 6.42 Å². The summed E-state index contributed by atoms with van der Waals surface area (Å²) in [7, 11) is 0. The summed E-state index contributed by atoms with van der Waals surface area (Å²) in [6.45, 7) is 4.43. The second-order valence-corrected chi connectivity index (χ2v) is 5.02. The molecular weight excluding hydrogens is 292 g/mol. The van der Waals surface area contributed by atoms with Gasteiger partial charge in [0.15, 0.2) is 0 Å². The first-order valence-electron chi connectivity index (χ1n) is 6.99. The van der Waals surface area contributed by atoms with Gasteiger partial charge in [0.25, 0.3) is 0 Å². The maximum absolute atomic E-state index is 11.7. The summed E-state index contributed by atoms with van der Waals surface area (Å²) in [4.78, 5) is 23.3. The fourth-order valence-corrected chi connectivity index (χ4v) is 1.79. The Morgan fingerprint density at radius 3 is 2.71 bits per heavy atom. The summed E-state index contributed by atoms with van der Waals surface area (Å²) < 4.78 is 5.42. The number of halogens is 1. The highest BCUT2D eigenvalue weighted by molar-refractivity contribution is 6.32. The Labute approximate surface area is 130 Å². The summed E-state index contributed by atoms with van der Waals surface area (Å²) >= 11 is 5.94. The average molecular weight is 313 g/mol. The lowest BCUT2D eigenvalue weighted by molar-refractivity contribution is -0.128. The van der Waals surface area contributed by atoms with Crippen molar-refractivity contribution in [1.29, 1.82) is 0 Å². The van der Waals surface area contributed by atoms with Gasteiger partial charge in [0.1, 0.15) is 11.8 Å². The maximum atomic E-state index is 11.7. The highest BCUT2D eigenvalue weighted by atomic mass is 35.5. The Kier molecular flexibility index (Phi) is 7.61. The standard InChI is InChI=1S/C15H21ClN2O3/c1-3-9-17-15(20)11(2)18-14(19)8-10-21-13-7-5-4-6-12(13)16/h4-7,11H,3,8-10H2,1-2H3,(H,17,20)(H,18,19)/t11-/m0/s1. The van der Waals surface area contributed by atoms with E-state index in [1.165, 1.54) is 0 Å². The molecule has 6 heteroatoms. The highest BCUT2D eigenvalue weighted by Crippen LogP contribution is 2.22. The molecule has 2 N–H and O–H groups in total. The van der Waals surface area contributed by atoms with Gasteiger partial charge in [0.2, 0.25) is 11.8 Å². The Morgan fingerprint density at radius 2 is 2.05 bits per heavy atom. The molecule has 0 radical (unpaired) electrons. The number of carbonyl (C=O) groups is 2. The first kappa shape index (κ1) is 17.3. The molecule has 5 nitrogen and oxygen atoms in total. The highest BCUT2D eigenvalue weighted by Gasteiger charge is 2.14. The van der Waals surface area contributed by atoms with Crippen molar-refractivity contribution in [3.8, 4) is 5.75 Å². The summed E-state index contributed by atoms with van der Waals surface area (Å²) in [5.41, 5.74) is 0. The van der Waals surface area contributed by atoms with E-state index in [9.17, 15) is 9.59 Å². The lowest BCUT2D eigenvalue weighted by Gasteiger charge is -2.14. The van der Waals surface area contributed by atoms with E-state index in [1.807, 2.05) is 6.92 Å². The summed E-state index contributed by atoms with van der Waals surface area (Å²) in [6, 6.07) is 6.52.